The second kappa shape index (κ2) is 5.25. The molecule has 3 heteroatoms. The Balaban J connectivity index is 1.92. The molecular formula is C19H12N2S. The first kappa shape index (κ1) is 13.0. The van der Waals surface area contributed by atoms with Crippen LogP contribution in [0.3, 0.4) is 0 Å². The van der Waals surface area contributed by atoms with E-state index in [1.807, 2.05) is 24.3 Å². The molecule has 22 heavy (non-hydrogen) atoms. The van der Waals surface area contributed by atoms with Crippen molar-refractivity contribution in [3.8, 4) is 6.07 Å². The Morgan fingerprint density at radius 3 is 1.82 bits per heavy atom. The molecule has 4 rings (SSSR count). The minimum absolute atomic E-state index is 0.678. The van der Waals surface area contributed by atoms with Crippen LogP contribution in [0.25, 0.3) is 0 Å². The van der Waals surface area contributed by atoms with Crippen molar-refractivity contribution in [1.29, 1.82) is 5.26 Å². The largest absolute Gasteiger partial charge is 0.308 e. The molecule has 0 saturated heterocycles. The van der Waals surface area contributed by atoms with Crippen LogP contribution in [0.4, 0.5) is 17.1 Å². The van der Waals surface area contributed by atoms with Gasteiger partial charge in [-0.2, -0.15) is 5.26 Å². The number of hydrogen-bond donors (Lipinski definition) is 0. The molecule has 0 spiro atoms. The number of para-hydroxylation sites is 2. The van der Waals surface area contributed by atoms with E-state index in [4.69, 9.17) is 5.26 Å². The van der Waals surface area contributed by atoms with E-state index in [0.29, 0.717) is 5.56 Å². The summed E-state index contributed by atoms with van der Waals surface area (Å²) >= 11 is 1.79. The van der Waals surface area contributed by atoms with Gasteiger partial charge in [-0.1, -0.05) is 36.0 Å². The SMILES string of the molecule is N#Cc1ccc(N2c3ccccc3Sc3ccccc32)cc1. The van der Waals surface area contributed by atoms with Gasteiger partial charge in [-0.25, -0.2) is 0 Å². The molecule has 0 unspecified atom stereocenters. The monoisotopic (exact) mass is 300 g/mol. The van der Waals surface area contributed by atoms with Crippen LogP contribution in [0.2, 0.25) is 0 Å². The van der Waals surface area contributed by atoms with Crippen molar-refractivity contribution < 1.29 is 0 Å². The molecule has 0 radical (unpaired) electrons. The number of anilines is 3. The quantitative estimate of drug-likeness (QED) is 0.465. The molecule has 2 nitrogen and oxygen atoms in total. The normalized spacial score (nSPS) is 12.2. The minimum atomic E-state index is 0.678. The molecule has 1 aliphatic rings. The van der Waals surface area contributed by atoms with E-state index in [1.54, 1.807) is 11.8 Å². The van der Waals surface area contributed by atoms with Gasteiger partial charge in [0.1, 0.15) is 0 Å². The van der Waals surface area contributed by atoms with E-state index in [0.717, 1.165) is 5.69 Å². The first-order chi connectivity index (χ1) is 10.9. The zero-order chi connectivity index (χ0) is 14.9. The average Bonchev–Trinajstić information content (AvgIpc) is 2.60. The summed E-state index contributed by atoms with van der Waals surface area (Å²) in [5, 5.41) is 8.99. The van der Waals surface area contributed by atoms with Crippen LogP contribution in [-0.2, 0) is 0 Å². The summed E-state index contributed by atoms with van der Waals surface area (Å²) in [6.45, 7) is 0. The number of hydrogen-bond acceptors (Lipinski definition) is 3. The predicted molar refractivity (Wildman–Crippen MR) is 90.0 cm³/mol. The molecular weight excluding hydrogens is 288 g/mol. The Morgan fingerprint density at radius 2 is 1.27 bits per heavy atom. The van der Waals surface area contributed by atoms with E-state index >= 15 is 0 Å². The first-order valence-electron chi connectivity index (χ1n) is 7.03. The molecule has 1 heterocycles. The number of rotatable bonds is 1. The number of nitrogens with zero attached hydrogens (tertiary/aromatic N) is 2. The highest BCUT2D eigenvalue weighted by Crippen LogP contribution is 2.50. The Kier molecular flexibility index (Phi) is 3.10. The second-order valence-corrected chi connectivity index (χ2v) is 6.12. The summed E-state index contributed by atoms with van der Waals surface area (Å²) in [4.78, 5) is 4.73. The molecule has 0 amide bonds. The molecule has 0 bridgehead atoms. The molecule has 0 saturated carbocycles. The number of nitriles is 1. The van der Waals surface area contributed by atoms with E-state index in [9.17, 15) is 0 Å². The Bertz CT molecular complexity index is 833. The Morgan fingerprint density at radius 1 is 0.727 bits per heavy atom. The van der Waals surface area contributed by atoms with Gasteiger partial charge in [0.2, 0.25) is 0 Å². The summed E-state index contributed by atoms with van der Waals surface area (Å²) < 4.78 is 0. The van der Waals surface area contributed by atoms with Crippen LogP contribution in [0.15, 0.2) is 82.6 Å². The van der Waals surface area contributed by atoms with E-state index in [1.165, 1.54) is 21.2 Å². The van der Waals surface area contributed by atoms with Crippen molar-refractivity contribution in [3.63, 3.8) is 0 Å². The summed E-state index contributed by atoms with van der Waals surface area (Å²) in [5.41, 5.74) is 4.10. The van der Waals surface area contributed by atoms with Crippen molar-refractivity contribution in [2.75, 3.05) is 4.90 Å². The highest BCUT2D eigenvalue weighted by atomic mass is 32.2. The van der Waals surface area contributed by atoms with Gasteiger partial charge in [0.05, 0.1) is 23.0 Å². The fourth-order valence-electron chi connectivity index (χ4n) is 2.67. The Labute approximate surface area is 133 Å². The highest BCUT2D eigenvalue weighted by molar-refractivity contribution is 7.99. The lowest BCUT2D eigenvalue weighted by Crippen LogP contribution is -2.14. The van der Waals surface area contributed by atoms with Crippen LogP contribution in [-0.4, -0.2) is 0 Å². The van der Waals surface area contributed by atoms with E-state index in [2.05, 4.69) is 59.5 Å². The van der Waals surface area contributed by atoms with Crippen molar-refractivity contribution in [3.05, 3.63) is 78.4 Å². The maximum Gasteiger partial charge on any atom is 0.0991 e. The predicted octanol–water partition coefficient (Wildman–Crippen LogP) is 5.49. The van der Waals surface area contributed by atoms with Crippen LogP contribution in [0, 0.1) is 11.3 Å². The zero-order valence-corrected chi connectivity index (χ0v) is 12.5. The summed E-state index contributed by atoms with van der Waals surface area (Å²) in [6.07, 6.45) is 0. The third kappa shape index (κ3) is 2.05. The maximum absolute atomic E-state index is 8.99. The van der Waals surface area contributed by atoms with Crippen molar-refractivity contribution >= 4 is 28.8 Å². The molecule has 0 N–H and O–H groups in total. The van der Waals surface area contributed by atoms with Gasteiger partial charge in [-0.15, -0.1) is 0 Å². The van der Waals surface area contributed by atoms with Gasteiger partial charge in [0, 0.05) is 15.5 Å². The average molecular weight is 300 g/mol. The van der Waals surface area contributed by atoms with Gasteiger partial charge < -0.3 is 4.90 Å². The van der Waals surface area contributed by atoms with Crippen LogP contribution >= 0.6 is 11.8 Å². The smallest absolute Gasteiger partial charge is 0.0991 e. The van der Waals surface area contributed by atoms with Gasteiger partial charge in [0.15, 0.2) is 0 Å². The van der Waals surface area contributed by atoms with Crippen LogP contribution in [0.1, 0.15) is 5.56 Å². The van der Waals surface area contributed by atoms with Gasteiger partial charge in [0.25, 0.3) is 0 Å². The molecule has 3 aromatic carbocycles. The van der Waals surface area contributed by atoms with Crippen LogP contribution < -0.4 is 4.90 Å². The molecule has 1 aliphatic heterocycles. The molecule has 0 aromatic heterocycles. The topological polar surface area (TPSA) is 27.0 Å². The molecule has 104 valence electrons. The molecule has 0 fully saturated rings. The molecule has 0 atom stereocenters. The van der Waals surface area contributed by atoms with Gasteiger partial charge >= 0.3 is 0 Å². The minimum Gasteiger partial charge on any atom is -0.308 e. The lowest BCUT2D eigenvalue weighted by atomic mass is 10.1. The summed E-state index contributed by atoms with van der Waals surface area (Å²) in [7, 11) is 0. The fraction of sp³-hybridized carbons (Fsp3) is 0. The van der Waals surface area contributed by atoms with E-state index in [-0.39, 0.29) is 0 Å². The maximum atomic E-state index is 8.99. The summed E-state index contributed by atoms with van der Waals surface area (Å²) in [6, 6.07) is 26.7. The zero-order valence-electron chi connectivity index (χ0n) is 11.7. The number of fused-ring (bicyclic) bond motifs is 2. The fourth-order valence-corrected chi connectivity index (χ4v) is 3.73. The highest BCUT2D eigenvalue weighted by Gasteiger charge is 2.23. The van der Waals surface area contributed by atoms with Gasteiger partial charge in [-0.05, 0) is 48.5 Å². The van der Waals surface area contributed by atoms with Crippen molar-refractivity contribution in [1.82, 2.24) is 0 Å². The Hall–Kier alpha value is -2.70. The summed E-state index contributed by atoms with van der Waals surface area (Å²) in [5.74, 6) is 0. The standard InChI is InChI=1S/C19H12N2S/c20-13-14-9-11-15(12-10-14)21-16-5-1-3-7-18(16)22-19-8-4-2-6-17(19)21/h1-12H. The third-order valence-electron chi connectivity index (χ3n) is 3.69. The van der Waals surface area contributed by atoms with Crippen LogP contribution in [0.5, 0.6) is 0 Å². The third-order valence-corrected chi connectivity index (χ3v) is 4.82. The first-order valence-corrected chi connectivity index (χ1v) is 7.85. The number of benzene rings is 3. The van der Waals surface area contributed by atoms with E-state index < -0.39 is 0 Å². The molecule has 3 aromatic rings. The van der Waals surface area contributed by atoms with Gasteiger partial charge in [-0.3, -0.25) is 0 Å². The lowest BCUT2D eigenvalue weighted by Gasteiger charge is -2.32. The van der Waals surface area contributed by atoms with Crippen molar-refractivity contribution in [2.24, 2.45) is 0 Å². The lowest BCUT2D eigenvalue weighted by molar-refractivity contribution is 1.16. The molecule has 0 aliphatic carbocycles. The second-order valence-electron chi connectivity index (χ2n) is 5.03. The van der Waals surface area contributed by atoms with Crippen molar-refractivity contribution in [2.45, 2.75) is 9.79 Å².